The standard InChI is InChI=1S/C26H25N3O3S/c30-23-13-14-24(31)29(28-23)21-11-9-18(10-12-21)26(32)27-25(22-6-3-15-33-22)20-8-7-17-4-1-2-5-19(17)16-20/h3,6-12,15-16,25H,1-2,4-5,13-14H2,(H,27,32)(H,28,30). The van der Waals surface area contributed by atoms with Crippen LogP contribution in [0.15, 0.2) is 60.0 Å². The van der Waals surface area contributed by atoms with Gasteiger partial charge in [0.15, 0.2) is 0 Å². The van der Waals surface area contributed by atoms with Crippen molar-refractivity contribution in [3.8, 4) is 0 Å². The second kappa shape index (κ2) is 9.19. The molecule has 1 saturated heterocycles. The largest absolute Gasteiger partial charge is 0.340 e. The van der Waals surface area contributed by atoms with Gasteiger partial charge < -0.3 is 5.32 Å². The predicted octanol–water partition coefficient (Wildman–Crippen LogP) is 4.30. The quantitative estimate of drug-likeness (QED) is 0.597. The van der Waals surface area contributed by atoms with Crippen molar-refractivity contribution in [3.63, 3.8) is 0 Å². The van der Waals surface area contributed by atoms with Crippen molar-refractivity contribution in [1.82, 2.24) is 10.7 Å². The topological polar surface area (TPSA) is 78.5 Å². The lowest BCUT2D eigenvalue weighted by Crippen LogP contribution is -2.50. The van der Waals surface area contributed by atoms with Crippen molar-refractivity contribution in [2.75, 3.05) is 5.01 Å². The number of fused-ring (bicyclic) bond motifs is 1. The summed E-state index contributed by atoms with van der Waals surface area (Å²) in [7, 11) is 0. The highest BCUT2D eigenvalue weighted by atomic mass is 32.1. The second-order valence-corrected chi connectivity index (χ2v) is 9.45. The SMILES string of the molecule is O=C1CCC(=O)N(c2ccc(C(=O)NC(c3ccc4c(c3)CCCC4)c3cccs3)cc2)N1. The third-order valence-corrected chi connectivity index (χ3v) is 7.19. The highest BCUT2D eigenvalue weighted by molar-refractivity contribution is 7.10. The van der Waals surface area contributed by atoms with E-state index < -0.39 is 0 Å². The van der Waals surface area contributed by atoms with E-state index in [1.807, 2.05) is 17.5 Å². The maximum absolute atomic E-state index is 13.2. The second-order valence-electron chi connectivity index (χ2n) is 8.47. The number of aryl methyl sites for hydroxylation is 2. The average molecular weight is 460 g/mol. The van der Waals surface area contributed by atoms with Crippen LogP contribution in [0.4, 0.5) is 5.69 Å². The first kappa shape index (κ1) is 21.4. The van der Waals surface area contributed by atoms with Gasteiger partial charge in [0.1, 0.15) is 0 Å². The van der Waals surface area contributed by atoms with Crippen LogP contribution in [0.5, 0.6) is 0 Å². The molecule has 2 aliphatic rings. The third-order valence-electron chi connectivity index (χ3n) is 6.25. The number of carbonyl (C=O) groups excluding carboxylic acids is 3. The number of nitrogens with zero attached hydrogens (tertiary/aromatic N) is 1. The van der Waals surface area contributed by atoms with Crippen LogP contribution in [-0.2, 0) is 22.4 Å². The molecule has 6 nitrogen and oxygen atoms in total. The fraction of sp³-hybridized carbons (Fsp3) is 0.269. The zero-order chi connectivity index (χ0) is 22.8. The number of hydrogen-bond acceptors (Lipinski definition) is 4. The minimum atomic E-state index is -0.229. The van der Waals surface area contributed by atoms with Crippen molar-refractivity contribution >= 4 is 34.7 Å². The summed E-state index contributed by atoms with van der Waals surface area (Å²) in [5, 5.41) is 6.46. The van der Waals surface area contributed by atoms with E-state index in [0.717, 1.165) is 23.3 Å². The Morgan fingerprint density at radius 2 is 1.73 bits per heavy atom. The van der Waals surface area contributed by atoms with Crippen molar-refractivity contribution in [1.29, 1.82) is 0 Å². The summed E-state index contributed by atoms with van der Waals surface area (Å²) in [6, 6.07) is 17.1. The summed E-state index contributed by atoms with van der Waals surface area (Å²) < 4.78 is 0. The highest BCUT2D eigenvalue weighted by Crippen LogP contribution is 2.30. The lowest BCUT2D eigenvalue weighted by molar-refractivity contribution is -0.130. The number of anilines is 1. The van der Waals surface area contributed by atoms with Gasteiger partial charge in [-0.3, -0.25) is 19.8 Å². The molecule has 2 N–H and O–H groups in total. The van der Waals surface area contributed by atoms with Gasteiger partial charge in [-0.2, -0.15) is 0 Å². The van der Waals surface area contributed by atoms with Gasteiger partial charge >= 0.3 is 0 Å². The molecular formula is C26H25N3O3S. The van der Waals surface area contributed by atoms with Crippen LogP contribution in [0.1, 0.15) is 63.7 Å². The molecule has 3 amide bonds. The number of thiophene rings is 1. The van der Waals surface area contributed by atoms with Gasteiger partial charge in [0.2, 0.25) is 11.8 Å². The summed E-state index contributed by atoms with van der Waals surface area (Å²) in [5.74, 6) is -0.552. The van der Waals surface area contributed by atoms with Crippen LogP contribution in [0, 0.1) is 0 Å². The van der Waals surface area contributed by atoms with E-state index in [1.54, 1.807) is 35.6 Å². The summed E-state index contributed by atoms with van der Waals surface area (Å²) in [6.07, 6.45) is 5.03. The van der Waals surface area contributed by atoms with E-state index in [1.165, 1.54) is 29.0 Å². The molecule has 0 saturated carbocycles. The molecule has 0 radical (unpaired) electrons. The molecule has 1 aliphatic carbocycles. The number of amides is 3. The van der Waals surface area contributed by atoms with Crippen LogP contribution < -0.4 is 15.8 Å². The van der Waals surface area contributed by atoms with Crippen LogP contribution in [0.25, 0.3) is 0 Å². The maximum Gasteiger partial charge on any atom is 0.252 e. The number of carbonyl (C=O) groups is 3. The molecule has 33 heavy (non-hydrogen) atoms. The first-order valence-corrected chi connectivity index (χ1v) is 12.1. The monoisotopic (exact) mass is 459 g/mol. The van der Waals surface area contributed by atoms with E-state index in [4.69, 9.17) is 0 Å². The molecule has 1 unspecified atom stereocenters. The molecule has 5 rings (SSSR count). The van der Waals surface area contributed by atoms with Crippen molar-refractivity contribution in [3.05, 3.63) is 87.1 Å². The highest BCUT2D eigenvalue weighted by Gasteiger charge is 2.25. The molecule has 0 bridgehead atoms. The van der Waals surface area contributed by atoms with E-state index in [-0.39, 0.29) is 36.6 Å². The molecule has 1 aromatic heterocycles. The zero-order valence-corrected chi connectivity index (χ0v) is 19.0. The summed E-state index contributed by atoms with van der Waals surface area (Å²) in [4.78, 5) is 38.0. The minimum absolute atomic E-state index is 0.169. The summed E-state index contributed by atoms with van der Waals surface area (Å²) >= 11 is 1.62. The van der Waals surface area contributed by atoms with Crippen LogP contribution in [-0.4, -0.2) is 17.7 Å². The Hall–Kier alpha value is -3.45. The lowest BCUT2D eigenvalue weighted by atomic mass is 9.89. The van der Waals surface area contributed by atoms with Gasteiger partial charge in [0.05, 0.1) is 11.7 Å². The lowest BCUT2D eigenvalue weighted by Gasteiger charge is -2.27. The Morgan fingerprint density at radius 1 is 0.939 bits per heavy atom. The van der Waals surface area contributed by atoms with Gasteiger partial charge in [-0.05, 0) is 78.1 Å². The molecule has 1 atom stereocenters. The Bertz CT molecular complexity index is 1190. The van der Waals surface area contributed by atoms with E-state index in [0.29, 0.717) is 11.3 Å². The fourth-order valence-electron chi connectivity index (χ4n) is 4.47. The van der Waals surface area contributed by atoms with Gasteiger partial charge in [0.25, 0.3) is 5.91 Å². The van der Waals surface area contributed by atoms with Crippen molar-refractivity contribution < 1.29 is 14.4 Å². The molecule has 2 aromatic carbocycles. The summed E-state index contributed by atoms with van der Waals surface area (Å²) in [5.41, 5.74) is 7.49. The fourth-order valence-corrected chi connectivity index (χ4v) is 5.27. The third kappa shape index (κ3) is 4.54. The molecule has 7 heteroatoms. The zero-order valence-electron chi connectivity index (χ0n) is 18.2. The van der Waals surface area contributed by atoms with Crippen molar-refractivity contribution in [2.45, 2.75) is 44.6 Å². The molecule has 1 fully saturated rings. The Kier molecular flexibility index (Phi) is 5.96. The van der Waals surface area contributed by atoms with Gasteiger partial charge in [-0.1, -0.05) is 24.3 Å². The number of benzene rings is 2. The molecular weight excluding hydrogens is 434 g/mol. The molecule has 3 aromatic rings. The van der Waals surface area contributed by atoms with Crippen LogP contribution in [0.3, 0.4) is 0 Å². The first-order chi connectivity index (χ1) is 16.1. The Balaban J connectivity index is 1.37. The number of rotatable bonds is 5. The number of hydrazine groups is 1. The smallest absolute Gasteiger partial charge is 0.252 e. The van der Waals surface area contributed by atoms with Crippen LogP contribution in [0.2, 0.25) is 0 Å². The van der Waals surface area contributed by atoms with Crippen LogP contribution >= 0.6 is 11.3 Å². The predicted molar refractivity (Wildman–Crippen MR) is 128 cm³/mol. The molecule has 168 valence electrons. The first-order valence-electron chi connectivity index (χ1n) is 11.3. The van der Waals surface area contributed by atoms with Gasteiger partial charge in [0, 0.05) is 23.3 Å². The molecule has 0 spiro atoms. The minimum Gasteiger partial charge on any atom is -0.340 e. The molecule has 2 heterocycles. The maximum atomic E-state index is 13.2. The van der Waals surface area contributed by atoms with E-state index in [2.05, 4.69) is 28.9 Å². The van der Waals surface area contributed by atoms with Crippen molar-refractivity contribution in [2.24, 2.45) is 0 Å². The Morgan fingerprint density at radius 3 is 2.48 bits per heavy atom. The number of nitrogens with one attached hydrogen (secondary N) is 2. The van der Waals surface area contributed by atoms with E-state index >= 15 is 0 Å². The molecule has 1 aliphatic heterocycles. The summed E-state index contributed by atoms with van der Waals surface area (Å²) in [6.45, 7) is 0. The normalized spacial score (nSPS) is 16.7. The van der Waals surface area contributed by atoms with Gasteiger partial charge in [-0.15, -0.1) is 11.3 Å². The number of hydrogen-bond donors (Lipinski definition) is 2. The van der Waals surface area contributed by atoms with E-state index in [9.17, 15) is 14.4 Å². The average Bonchev–Trinajstić information content (AvgIpc) is 3.38. The van der Waals surface area contributed by atoms with Gasteiger partial charge in [-0.25, -0.2) is 5.01 Å². The Labute approximate surface area is 196 Å².